The van der Waals surface area contributed by atoms with E-state index in [1.165, 1.54) is 30.3 Å². The molecule has 0 amide bonds. The van der Waals surface area contributed by atoms with Crippen molar-refractivity contribution in [3.8, 4) is 17.1 Å². The van der Waals surface area contributed by atoms with Crippen LogP contribution in [0.3, 0.4) is 0 Å². The molecule has 0 aliphatic heterocycles. The number of aryl methyl sites for hydroxylation is 1. The number of carbonyl (C=O) groups is 1. The van der Waals surface area contributed by atoms with Crippen LogP contribution in [0.25, 0.3) is 11.4 Å². The Labute approximate surface area is 216 Å². The van der Waals surface area contributed by atoms with Crippen LogP contribution in [-0.2, 0) is 13.1 Å². The van der Waals surface area contributed by atoms with Crippen molar-refractivity contribution in [1.29, 1.82) is 0 Å². The fourth-order valence-electron chi connectivity index (χ4n) is 3.23. The first-order chi connectivity index (χ1) is 17.4. The SMILES string of the molecule is Cc1ccc(OC(=O)c2nc(Cn3nc(-c4ccc(Cl)cc4)n(C[C@@H](O)C(F)(F)F)c3=O)n[nH]2)c(Cl)c1. The zero-order valence-electron chi connectivity index (χ0n) is 18.8. The number of rotatable bonds is 7. The maximum atomic E-state index is 13.0. The summed E-state index contributed by atoms with van der Waals surface area (Å²) in [7, 11) is 0. The number of esters is 1. The summed E-state index contributed by atoms with van der Waals surface area (Å²) in [4.78, 5) is 29.3. The van der Waals surface area contributed by atoms with Gasteiger partial charge in [-0.2, -0.15) is 18.3 Å². The lowest BCUT2D eigenvalue weighted by molar-refractivity contribution is -0.207. The number of H-pyrrole nitrogens is 1. The van der Waals surface area contributed by atoms with Crippen molar-refractivity contribution in [2.45, 2.75) is 32.3 Å². The van der Waals surface area contributed by atoms with E-state index in [0.717, 1.165) is 10.2 Å². The summed E-state index contributed by atoms with van der Waals surface area (Å²) in [6.07, 6.45) is -7.77. The first-order valence-electron chi connectivity index (χ1n) is 10.5. The molecule has 2 N–H and O–H groups in total. The number of ether oxygens (including phenoxy) is 1. The summed E-state index contributed by atoms with van der Waals surface area (Å²) < 4.78 is 45.7. The number of nitrogens with one attached hydrogen (secondary N) is 1. The molecule has 37 heavy (non-hydrogen) atoms. The average Bonchev–Trinajstić information content (AvgIpc) is 3.41. The highest BCUT2D eigenvalue weighted by atomic mass is 35.5. The number of aromatic amines is 1. The molecule has 0 bridgehead atoms. The number of halogens is 5. The van der Waals surface area contributed by atoms with Gasteiger partial charge in [-0.15, -0.1) is 5.10 Å². The number of hydrogen-bond acceptors (Lipinski definition) is 7. The number of aromatic nitrogens is 6. The van der Waals surface area contributed by atoms with Crippen molar-refractivity contribution in [2.24, 2.45) is 0 Å². The van der Waals surface area contributed by atoms with Gasteiger partial charge in [0, 0.05) is 10.6 Å². The normalized spacial score (nSPS) is 12.5. The Bertz CT molecular complexity index is 1500. The fraction of sp³-hybridized carbons (Fsp3) is 0.227. The van der Waals surface area contributed by atoms with Crippen molar-refractivity contribution in [2.75, 3.05) is 0 Å². The molecule has 0 saturated heterocycles. The second-order valence-corrected chi connectivity index (χ2v) is 8.71. The highest BCUT2D eigenvalue weighted by Crippen LogP contribution is 2.26. The van der Waals surface area contributed by atoms with Gasteiger partial charge in [-0.1, -0.05) is 29.3 Å². The van der Waals surface area contributed by atoms with Crippen molar-refractivity contribution < 1.29 is 27.8 Å². The van der Waals surface area contributed by atoms with Crippen molar-refractivity contribution >= 4 is 29.2 Å². The molecule has 4 aromatic rings. The standard InChI is InChI=1S/C22H17Cl2F3N6O4/c1-11-2-7-15(14(24)8-11)37-20(35)18-28-17(29-30-18)10-33-21(36)32(9-16(34)22(25,26)27)19(31-33)12-3-5-13(23)6-4-12/h2-8,16,34H,9-10H2,1H3,(H,28,29,30)/t16-/m1/s1. The van der Waals surface area contributed by atoms with E-state index >= 15 is 0 Å². The molecule has 0 aliphatic carbocycles. The number of aliphatic hydroxyl groups is 1. The predicted octanol–water partition coefficient (Wildman–Crippen LogP) is 3.64. The Hall–Kier alpha value is -3.68. The Morgan fingerprint density at radius 2 is 1.89 bits per heavy atom. The molecule has 194 valence electrons. The van der Waals surface area contributed by atoms with E-state index in [1.807, 2.05) is 6.92 Å². The Kier molecular flexibility index (Phi) is 7.39. The molecule has 0 aliphatic rings. The first-order valence-corrected chi connectivity index (χ1v) is 11.3. The van der Waals surface area contributed by atoms with E-state index in [-0.39, 0.29) is 33.8 Å². The Balaban J connectivity index is 1.60. The van der Waals surface area contributed by atoms with Crippen molar-refractivity contribution in [3.63, 3.8) is 0 Å². The number of benzene rings is 2. The maximum absolute atomic E-state index is 13.0. The van der Waals surface area contributed by atoms with Gasteiger partial charge in [0.25, 0.3) is 0 Å². The van der Waals surface area contributed by atoms with Gasteiger partial charge in [0.2, 0.25) is 5.82 Å². The van der Waals surface area contributed by atoms with Gasteiger partial charge in [0.1, 0.15) is 12.3 Å². The summed E-state index contributed by atoms with van der Waals surface area (Å²) in [5, 5.41) is 20.5. The van der Waals surface area contributed by atoms with Gasteiger partial charge >= 0.3 is 17.8 Å². The van der Waals surface area contributed by atoms with Crippen LogP contribution in [0.5, 0.6) is 5.75 Å². The second-order valence-electron chi connectivity index (χ2n) is 7.86. The molecule has 0 unspecified atom stereocenters. The third-order valence-corrected chi connectivity index (χ3v) is 5.61. The number of hydrogen-bond donors (Lipinski definition) is 2. The summed E-state index contributed by atoms with van der Waals surface area (Å²) in [5.41, 5.74) is 0.176. The third-order valence-electron chi connectivity index (χ3n) is 5.06. The lowest BCUT2D eigenvalue weighted by Gasteiger charge is -2.15. The molecule has 0 radical (unpaired) electrons. The van der Waals surface area contributed by atoms with Crippen LogP contribution in [0.1, 0.15) is 22.0 Å². The highest BCUT2D eigenvalue weighted by Gasteiger charge is 2.39. The van der Waals surface area contributed by atoms with Crippen LogP contribution in [0.15, 0.2) is 47.3 Å². The van der Waals surface area contributed by atoms with Gasteiger partial charge in [-0.3, -0.25) is 9.67 Å². The molecule has 15 heteroatoms. The molecule has 0 fully saturated rings. The minimum atomic E-state index is -4.96. The number of nitrogens with zero attached hydrogens (tertiary/aromatic N) is 5. The minimum absolute atomic E-state index is 0.0762. The molecule has 2 aromatic carbocycles. The third kappa shape index (κ3) is 6.01. The number of alkyl halides is 3. The van der Waals surface area contributed by atoms with Crippen LogP contribution in [0, 0.1) is 6.92 Å². The number of aliphatic hydroxyl groups excluding tert-OH is 1. The lowest BCUT2D eigenvalue weighted by Crippen LogP contribution is -2.37. The molecule has 4 rings (SSSR count). The summed E-state index contributed by atoms with van der Waals surface area (Å²) >= 11 is 11.9. The molecule has 10 nitrogen and oxygen atoms in total. The summed E-state index contributed by atoms with van der Waals surface area (Å²) in [5.74, 6) is -1.33. The van der Waals surface area contributed by atoms with Gasteiger partial charge in [0.05, 0.1) is 11.6 Å². The largest absolute Gasteiger partial charge is 0.419 e. The van der Waals surface area contributed by atoms with Crippen LogP contribution >= 0.6 is 23.2 Å². The fourth-order valence-corrected chi connectivity index (χ4v) is 3.63. The molecule has 2 aromatic heterocycles. The molecule has 0 spiro atoms. The van der Waals surface area contributed by atoms with Gasteiger partial charge in [-0.25, -0.2) is 19.3 Å². The average molecular weight is 557 g/mol. The molecule has 2 heterocycles. The van der Waals surface area contributed by atoms with E-state index in [9.17, 15) is 27.9 Å². The summed E-state index contributed by atoms with van der Waals surface area (Å²) in [6, 6.07) is 10.7. The van der Waals surface area contributed by atoms with E-state index in [4.69, 9.17) is 27.9 Å². The zero-order chi connectivity index (χ0) is 26.9. The van der Waals surface area contributed by atoms with Gasteiger partial charge < -0.3 is 9.84 Å². The van der Waals surface area contributed by atoms with Gasteiger partial charge in [0.15, 0.2) is 17.8 Å². The van der Waals surface area contributed by atoms with Crippen molar-refractivity contribution in [1.82, 2.24) is 29.5 Å². The molecule has 1 atom stereocenters. The van der Waals surface area contributed by atoms with Crippen LogP contribution in [0.4, 0.5) is 13.2 Å². The second kappa shape index (κ2) is 10.4. The zero-order valence-corrected chi connectivity index (χ0v) is 20.3. The molecular weight excluding hydrogens is 540 g/mol. The summed E-state index contributed by atoms with van der Waals surface area (Å²) in [6.45, 7) is 0.318. The van der Waals surface area contributed by atoms with E-state index in [1.54, 1.807) is 12.1 Å². The smallest absolute Gasteiger partial charge is 0.416 e. The first kappa shape index (κ1) is 26.4. The Morgan fingerprint density at radius 1 is 1.19 bits per heavy atom. The van der Waals surface area contributed by atoms with Crippen LogP contribution < -0.4 is 10.4 Å². The quantitative estimate of drug-likeness (QED) is 0.262. The Morgan fingerprint density at radius 3 is 2.54 bits per heavy atom. The van der Waals surface area contributed by atoms with Crippen LogP contribution in [-0.4, -0.2) is 52.9 Å². The maximum Gasteiger partial charge on any atom is 0.416 e. The predicted molar refractivity (Wildman–Crippen MR) is 126 cm³/mol. The minimum Gasteiger partial charge on any atom is -0.419 e. The van der Waals surface area contributed by atoms with E-state index in [0.29, 0.717) is 9.59 Å². The highest BCUT2D eigenvalue weighted by molar-refractivity contribution is 6.32. The van der Waals surface area contributed by atoms with E-state index < -0.39 is 37.0 Å². The van der Waals surface area contributed by atoms with E-state index in [2.05, 4.69) is 20.3 Å². The molecule has 0 saturated carbocycles. The molecular formula is C22H17Cl2F3N6O4. The lowest BCUT2D eigenvalue weighted by atomic mass is 10.2. The van der Waals surface area contributed by atoms with Crippen LogP contribution in [0.2, 0.25) is 10.0 Å². The monoisotopic (exact) mass is 556 g/mol. The number of carbonyl (C=O) groups excluding carboxylic acids is 1. The van der Waals surface area contributed by atoms with Crippen molar-refractivity contribution in [3.05, 3.63) is 80.2 Å². The van der Waals surface area contributed by atoms with Gasteiger partial charge in [-0.05, 0) is 48.9 Å². The topological polar surface area (TPSA) is 128 Å².